The molecule has 2 aliphatic rings. The largest absolute Gasteiger partial charge is 0.497 e. The third kappa shape index (κ3) is 3.24. The highest BCUT2D eigenvalue weighted by molar-refractivity contribution is 5.94. The third-order valence-electron chi connectivity index (χ3n) is 4.67. The number of amides is 1. The van der Waals surface area contributed by atoms with E-state index in [0.717, 1.165) is 35.6 Å². The lowest BCUT2D eigenvalue weighted by atomic mass is 10.1. The molecular weight excluding hydrogens is 320 g/mol. The fraction of sp³-hybridized carbons (Fsp3) is 0.368. The molecule has 1 aliphatic carbocycles. The van der Waals surface area contributed by atoms with Crippen LogP contribution in [-0.4, -0.2) is 36.1 Å². The molecule has 6 heteroatoms. The number of ether oxygens (including phenoxy) is 2. The van der Waals surface area contributed by atoms with Crippen molar-refractivity contribution in [1.29, 1.82) is 0 Å². The van der Waals surface area contributed by atoms with E-state index >= 15 is 0 Å². The van der Waals surface area contributed by atoms with Gasteiger partial charge in [-0.15, -0.1) is 0 Å². The number of aromatic amines is 1. The summed E-state index contributed by atoms with van der Waals surface area (Å²) in [4.78, 5) is 29.4. The minimum Gasteiger partial charge on any atom is -0.497 e. The Hall–Kier alpha value is -2.76. The fourth-order valence-electron chi connectivity index (χ4n) is 3.14. The number of benzene rings is 1. The van der Waals surface area contributed by atoms with Gasteiger partial charge in [0.05, 0.1) is 13.7 Å². The average Bonchev–Trinajstić information content (AvgIpc) is 3.46. The van der Waals surface area contributed by atoms with Gasteiger partial charge in [0.2, 0.25) is 5.56 Å². The summed E-state index contributed by atoms with van der Waals surface area (Å²) in [5.41, 5.74) is 2.03. The number of H-pyrrole nitrogens is 1. The van der Waals surface area contributed by atoms with Crippen molar-refractivity contribution in [3.63, 3.8) is 0 Å². The van der Waals surface area contributed by atoms with Gasteiger partial charge < -0.3 is 19.4 Å². The summed E-state index contributed by atoms with van der Waals surface area (Å²) in [6, 6.07) is 8.81. The van der Waals surface area contributed by atoms with Crippen LogP contribution in [0.15, 0.2) is 35.1 Å². The normalized spacial score (nSPS) is 16.6. The average molecular weight is 340 g/mol. The van der Waals surface area contributed by atoms with E-state index in [4.69, 9.17) is 9.47 Å². The van der Waals surface area contributed by atoms with E-state index in [1.54, 1.807) is 12.0 Å². The number of carbonyl (C=O) groups is 1. The van der Waals surface area contributed by atoms with Crippen LogP contribution >= 0.6 is 0 Å². The highest BCUT2D eigenvalue weighted by Gasteiger charge is 2.27. The zero-order chi connectivity index (χ0) is 17.4. The van der Waals surface area contributed by atoms with Crippen LogP contribution in [-0.2, 0) is 6.54 Å². The molecule has 1 fully saturated rings. The van der Waals surface area contributed by atoms with Crippen LogP contribution in [0.2, 0.25) is 0 Å². The van der Waals surface area contributed by atoms with Gasteiger partial charge >= 0.3 is 0 Å². The molecule has 0 bridgehead atoms. The first-order valence-electron chi connectivity index (χ1n) is 8.47. The highest BCUT2D eigenvalue weighted by atomic mass is 16.5. The Balaban J connectivity index is 1.60. The van der Waals surface area contributed by atoms with Crippen molar-refractivity contribution in [2.45, 2.75) is 25.3 Å². The molecule has 1 aliphatic heterocycles. The number of hydrogen-bond donors (Lipinski definition) is 1. The van der Waals surface area contributed by atoms with Crippen molar-refractivity contribution in [2.75, 3.05) is 20.3 Å². The van der Waals surface area contributed by atoms with E-state index in [1.165, 1.54) is 6.07 Å². The van der Waals surface area contributed by atoms with E-state index in [0.29, 0.717) is 31.2 Å². The molecule has 2 aromatic rings. The Morgan fingerprint density at radius 1 is 1.28 bits per heavy atom. The number of rotatable bonds is 3. The van der Waals surface area contributed by atoms with E-state index in [1.807, 2.05) is 24.3 Å². The number of pyridine rings is 1. The van der Waals surface area contributed by atoms with Crippen LogP contribution in [0, 0.1) is 0 Å². The number of hydrogen-bond acceptors (Lipinski definition) is 4. The molecule has 1 amide bonds. The van der Waals surface area contributed by atoms with Gasteiger partial charge in [-0.1, -0.05) is 0 Å². The first-order chi connectivity index (χ1) is 12.1. The van der Waals surface area contributed by atoms with Gasteiger partial charge in [0.25, 0.3) is 5.91 Å². The van der Waals surface area contributed by atoms with Gasteiger partial charge in [0.15, 0.2) is 0 Å². The lowest BCUT2D eigenvalue weighted by Gasteiger charge is -2.20. The van der Waals surface area contributed by atoms with E-state index < -0.39 is 0 Å². The van der Waals surface area contributed by atoms with Crippen LogP contribution < -0.4 is 15.0 Å². The first kappa shape index (κ1) is 15.7. The molecule has 130 valence electrons. The van der Waals surface area contributed by atoms with Gasteiger partial charge in [-0.3, -0.25) is 9.59 Å². The maximum atomic E-state index is 12.9. The summed E-state index contributed by atoms with van der Waals surface area (Å²) in [7, 11) is 1.61. The van der Waals surface area contributed by atoms with Crippen LogP contribution in [0.5, 0.6) is 11.5 Å². The number of methoxy groups -OCH3 is 1. The minimum atomic E-state index is -0.219. The molecule has 0 saturated heterocycles. The van der Waals surface area contributed by atoms with Crippen molar-refractivity contribution in [3.8, 4) is 11.5 Å². The quantitative estimate of drug-likeness (QED) is 0.931. The van der Waals surface area contributed by atoms with Crippen LogP contribution in [0.3, 0.4) is 0 Å². The van der Waals surface area contributed by atoms with E-state index in [-0.39, 0.29) is 11.5 Å². The summed E-state index contributed by atoms with van der Waals surface area (Å²) in [6.45, 7) is 1.33. The summed E-state index contributed by atoms with van der Waals surface area (Å²) in [5, 5.41) is 0. The molecule has 1 aromatic carbocycles. The number of nitrogens with zero attached hydrogens (tertiary/aromatic N) is 1. The number of aromatic nitrogens is 1. The van der Waals surface area contributed by atoms with Gasteiger partial charge in [0, 0.05) is 35.5 Å². The topological polar surface area (TPSA) is 71.6 Å². The van der Waals surface area contributed by atoms with Crippen LogP contribution in [0.1, 0.15) is 40.4 Å². The van der Waals surface area contributed by atoms with Crippen molar-refractivity contribution in [1.82, 2.24) is 9.88 Å². The van der Waals surface area contributed by atoms with Gasteiger partial charge in [-0.25, -0.2) is 0 Å². The summed E-state index contributed by atoms with van der Waals surface area (Å²) >= 11 is 0. The lowest BCUT2D eigenvalue weighted by Crippen LogP contribution is -2.33. The number of carbonyl (C=O) groups excluding carboxylic acids is 1. The maximum absolute atomic E-state index is 12.9. The SMILES string of the molecule is COc1ccc2c(c1)OCCN(C(=O)c1cc(C3CC3)[nH]c(=O)c1)C2. The van der Waals surface area contributed by atoms with E-state index in [9.17, 15) is 9.59 Å². The predicted octanol–water partition coefficient (Wildman–Crippen LogP) is 2.30. The standard InChI is InChI=1S/C19H20N2O4/c1-24-15-5-4-13-11-21(6-7-25-17(13)10-15)19(23)14-8-16(12-2-3-12)20-18(22)9-14/h4-5,8-10,12H,2-3,6-7,11H2,1H3,(H,20,22). The molecule has 1 aromatic heterocycles. The Bertz CT molecular complexity index is 870. The number of nitrogens with one attached hydrogen (secondary N) is 1. The zero-order valence-electron chi connectivity index (χ0n) is 14.1. The van der Waals surface area contributed by atoms with Crippen LogP contribution in [0.4, 0.5) is 0 Å². The molecule has 1 saturated carbocycles. The molecule has 0 unspecified atom stereocenters. The summed E-state index contributed by atoms with van der Waals surface area (Å²) in [5.74, 6) is 1.71. The number of fused-ring (bicyclic) bond motifs is 1. The van der Waals surface area contributed by atoms with Gasteiger partial charge in [-0.05, 0) is 37.0 Å². The molecular formula is C19H20N2O4. The lowest BCUT2D eigenvalue weighted by molar-refractivity contribution is 0.0733. The van der Waals surface area contributed by atoms with Crippen LogP contribution in [0.25, 0.3) is 0 Å². The van der Waals surface area contributed by atoms with Gasteiger partial charge in [-0.2, -0.15) is 0 Å². The van der Waals surface area contributed by atoms with Gasteiger partial charge in [0.1, 0.15) is 18.1 Å². The van der Waals surface area contributed by atoms with Crippen molar-refractivity contribution in [2.24, 2.45) is 0 Å². The minimum absolute atomic E-state index is 0.139. The Morgan fingerprint density at radius 2 is 2.12 bits per heavy atom. The Kier molecular flexibility index (Phi) is 3.95. The molecule has 0 radical (unpaired) electrons. The smallest absolute Gasteiger partial charge is 0.254 e. The van der Waals surface area contributed by atoms with Crippen molar-refractivity contribution in [3.05, 3.63) is 57.5 Å². The van der Waals surface area contributed by atoms with Crippen molar-refractivity contribution < 1.29 is 14.3 Å². The molecule has 6 nitrogen and oxygen atoms in total. The summed E-state index contributed by atoms with van der Waals surface area (Å²) in [6.07, 6.45) is 2.14. The Morgan fingerprint density at radius 3 is 2.88 bits per heavy atom. The predicted molar refractivity (Wildman–Crippen MR) is 92.3 cm³/mol. The molecule has 0 atom stereocenters. The zero-order valence-corrected chi connectivity index (χ0v) is 14.1. The van der Waals surface area contributed by atoms with E-state index in [2.05, 4.69) is 4.98 Å². The monoisotopic (exact) mass is 340 g/mol. The maximum Gasteiger partial charge on any atom is 0.254 e. The molecule has 4 rings (SSSR count). The third-order valence-corrected chi connectivity index (χ3v) is 4.67. The Labute approximate surface area is 145 Å². The molecule has 0 spiro atoms. The molecule has 1 N–H and O–H groups in total. The molecule has 2 heterocycles. The summed E-state index contributed by atoms with van der Waals surface area (Å²) < 4.78 is 11.0. The van der Waals surface area contributed by atoms with Crippen molar-refractivity contribution >= 4 is 5.91 Å². The first-order valence-corrected chi connectivity index (χ1v) is 8.47. The fourth-order valence-corrected chi connectivity index (χ4v) is 3.14. The second-order valence-electron chi connectivity index (χ2n) is 6.51. The second kappa shape index (κ2) is 6.27. The highest BCUT2D eigenvalue weighted by Crippen LogP contribution is 2.38. The second-order valence-corrected chi connectivity index (χ2v) is 6.51. The molecule has 25 heavy (non-hydrogen) atoms.